The van der Waals surface area contributed by atoms with Gasteiger partial charge in [-0.25, -0.2) is 4.98 Å². The minimum Gasteiger partial charge on any atom is -0.303 e. The maximum Gasteiger partial charge on any atom is 0.141 e. The molecule has 0 aliphatic rings. The van der Waals surface area contributed by atoms with E-state index < -0.39 is 0 Å². The summed E-state index contributed by atoms with van der Waals surface area (Å²) >= 11 is 0. The maximum atomic E-state index is 4.12. The van der Waals surface area contributed by atoms with Gasteiger partial charge in [-0.15, -0.1) is 0 Å². The van der Waals surface area contributed by atoms with Crippen LogP contribution in [0.2, 0.25) is 0 Å². The van der Waals surface area contributed by atoms with Crippen LogP contribution >= 0.6 is 0 Å². The molecule has 0 radical (unpaired) electrons. The third kappa shape index (κ3) is 2.67. The number of benzene rings is 1. The fraction of sp³-hybridized carbons (Fsp3) is 0.333. The van der Waals surface area contributed by atoms with Crippen LogP contribution in [0.3, 0.4) is 0 Å². The Morgan fingerprint density at radius 2 is 2.31 bits per heavy atom. The number of hydrogen-bond acceptors (Lipinski definition) is 3. The Labute approximate surface area is 95.1 Å². The topological polar surface area (TPSA) is 53.6 Å². The third-order valence-electron chi connectivity index (χ3n) is 2.54. The van der Waals surface area contributed by atoms with Gasteiger partial charge in [0.15, 0.2) is 0 Å². The van der Waals surface area contributed by atoms with Crippen molar-refractivity contribution >= 4 is 0 Å². The molecule has 1 aromatic heterocycles. The molecule has 1 aromatic carbocycles. The Balaban J connectivity index is 1.92. The summed E-state index contributed by atoms with van der Waals surface area (Å²) in [4.78, 5) is 4.12. The van der Waals surface area contributed by atoms with E-state index in [2.05, 4.69) is 58.6 Å². The summed E-state index contributed by atoms with van der Waals surface area (Å²) in [6.07, 6.45) is 1.53. The molecule has 0 bridgehead atoms. The first-order valence-electron chi connectivity index (χ1n) is 5.40. The van der Waals surface area contributed by atoms with Gasteiger partial charge in [-0.05, 0) is 19.4 Å². The second-order valence-corrected chi connectivity index (χ2v) is 3.96. The van der Waals surface area contributed by atoms with Crippen molar-refractivity contribution < 1.29 is 0 Å². The van der Waals surface area contributed by atoms with E-state index in [0.717, 1.165) is 12.4 Å². The molecule has 4 heteroatoms. The van der Waals surface area contributed by atoms with Crippen molar-refractivity contribution in [3.05, 3.63) is 47.5 Å². The number of nitrogens with zero attached hydrogens (tertiary/aromatic N) is 2. The number of aryl methyl sites for hydroxylation is 1. The number of H-pyrrole nitrogens is 1. The summed E-state index contributed by atoms with van der Waals surface area (Å²) < 4.78 is 0. The van der Waals surface area contributed by atoms with Crippen LogP contribution in [0.25, 0.3) is 0 Å². The van der Waals surface area contributed by atoms with E-state index in [4.69, 9.17) is 0 Å². The molecule has 1 atom stereocenters. The first kappa shape index (κ1) is 10.8. The SMILES string of the molecule is Cc1cccc(CNC(C)c2ncn[nH]2)c1. The van der Waals surface area contributed by atoms with Crippen LogP contribution in [0.15, 0.2) is 30.6 Å². The van der Waals surface area contributed by atoms with Crippen molar-refractivity contribution in [1.82, 2.24) is 20.5 Å². The van der Waals surface area contributed by atoms with Crippen molar-refractivity contribution in [2.75, 3.05) is 0 Å². The van der Waals surface area contributed by atoms with Gasteiger partial charge in [0.25, 0.3) is 0 Å². The lowest BCUT2D eigenvalue weighted by molar-refractivity contribution is 0.548. The summed E-state index contributed by atoms with van der Waals surface area (Å²) in [7, 11) is 0. The lowest BCUT2D eigenvalue weighted by Crippen LogP contribution is -2.19. The van der Waals surface area contributed by atoms with Crippen molar-refractivity contribution in [1.29, 1.82) is 0 Å². The molecule has 2 N–H and O–H groups in total. The van der Waals surface area contributed by atoms with Crippen molar-refractivity contribution in [2.24, 2.45) is 0 Å². The Hall–Kier alpha value is -1.68. The fourth-order valence-electron chi connectivity index (χ4n) is 1.61. The molecule has 1 unspecified atom stereocenters. The van der Waals surface area contributed by atoms with E-state index >= 15 is 0 Å². The van der Waals surface area contributed by atoms with E-state index in [1.807, 2.05) is 0 Å². The highest BCUT2D eigenvalue weighted by atomic mass is 15.2. The number of rotatable bonds is 4. The standard InChI is InChI=1S/C12H16N4/c1-9-4-3-5-11(6-9)7-13-10(2)12-14-8-15-16-12/h3-6,8,10,13H,7H2,1-2H3,(H,14,15,16). The highest BCUT2D eigenvalue weighted by Gasteiger charge is 2.06. The predicted molar refractivity (Wildman–Crippen MR) is 62.8 cm³/mol. The van der Waals surface area contributed by atoms with Crippen LogP contribution in [0, 0.1) is 6.92 Å². The first-order chi connectivity index (χ1) is 7.75. The molecule has 0 aliphatic carbocycles. The van der Waals surface area contributed by atoms with Crippen molar-refractivity contribution in [2.45, 2.75) is 26.4 Å². The van der Waals surface area contributed by atoms with Crippen LogP contribution < -0.4 is 5.32 Å². The van der Waals surface area contributed by atoms with Crippen LogP contribution in [0.5, 0.6) is 0 Å². The normalized spacial score (nSPS) is 12.6. The highest BCUT2D eigenvalue weighted by molar-refractivity contribution is 5.22. The van der Waals surface area contributed by atoms with Gasteiger partial charge in [0.05, 0.1) is 6.04 Å². The average molecular weight is 216 g/mol. The average Bonchev–Trinajstić information content (AvgIpc) is 2.79. The Kier molecular flexibility index (Phi) is 3.31. The molecule has 2 rings (SSSR count). The zero-order valence-electron chi connectivity index (χ0n) is 9.57. The fourth-order valence-corrected chi connectivity index (χ4v) is 1.61. The molecule has 2 aromatic rings. The first-order valence-corrected chi connectivity index (χ1v) is 5.40. The van der Waals surface area contributed by atoms with E-state index in [0.29, 0.717) is 0 Å². The van der Waals surface area contributed by atoms with Gasteiger partial charge >= 0.3 is 0 Å². The van der Waals surface area contributed by atoms with Crippen LogP contribution in [-0.2, 0) is 6.54 Å². The summed E-state index contributed by atoms with van der Waals surface area (Å²) in [5.41, 5.74) is 2.57. The molecule has 0 spiro atoms. The lowest BCUT2D eigenvalue weighted by Gasteiger charge is -2.11. The van der Waals surface area contributed by atoms with Gasteiger partial charge < -0.3 is 5.32 Å². The van der Waals surface area contributed by atoms with Gasteiger partial charge in [0, 0.05) is 6.54 Å². The van der Waals surface area contributed by atoms with E-state index in [-0.39, 0.29) is 6.04 Å². The molecular formula is C12H16N4. The molecule has 0 aliphatic heterocycles. The minimum absolute atomic E-state index is 0.183. The van der Waals surface area contributed by atoms with Gasteiger partial charge in [-0.2, -0.15) is 5.10 Å². The largest absolute Gasteiger partial charge is 0.303 e. The van der Waals surface area contributed by atoms with Crippen molar-refractivity contribution in [3.63, 3.8) is 0 Å². The second kappa shape index (κ2) is 4.90. The van der Waals surface area contributed by atoms with E-state index in [1.165, 1.54) is 17.5 Å². The van der Waals surface area contributed by atoms with Gasteiger partial charge in [-0.3, -0.25) is 5.10 Å². The van der Waals surface area contributed by atoms with Gasteiger partial charge in [0.1, 0.15) is 12.2 Å². The molecule has 0 amide bonds. The number of aromatic nitrogens is 3. The van der Waals surface area contributed by atoms with Crippen LogP contribution in [-0.4, -0.2) is 15.2 Å². The molecule has 1 heterocycles. The van der Waals surface area contributed by atoms with Crippen LogP contribution in [0.4, 0.5) is 0 Å². The van der Waals surface area contributed by atoms with Crippen molar-refractivity contribution in [3.8, 4) is 0 Å². The number of nitrogens with one attached hydrogen (secondary N) is 2. The molecule has 4 nitrogen and oxygen atoms in total. The minimum atomic E-state index is 0.183. The molecule has 84 valence electrons. The second-order valence-electron chi connectivity index (χ2n) is 3.96. The Morgan fingerprint density at radius 1 is 1.44 bits per heavy atom. The Morgan fingerprint density at radius 3 is 3.00 bits per heavy atom. The summed E-state index contributed by atoms with van der Waals surface area (Å²) in [6.45, 7) is 5.00. The summed E-state index contributed by atoms with van der Waals surface area (Å²) in [6, 6.07) is 8.66. The Bertz CT molecular complexity index is 436. The third-order valence-corrected chi connectivity index (χ3v) is 2.54. The summed E-state index contributed by atoms with van der Waals surface area (Å²) in [5, 5.41) is 10.1. The predicted octanol–water partition coefficient (Wildman–Crippen LogP) is 1.96. The molecule has 0 fully saturated rings. The number of hydrogen-bond donors (Lipinski definition) is 2. The highest BCUT2D eigenvalue weighted by Crippen LogP contribution is 2.08. The van der Waals surface area contributed by atoms with E-state index in [1.54, 1.807) is 0 Å². The van der Waals surface area contributed by atoms with Crippen LogP contribution in [0.1, 0.15) is 29.9 Å². The molecular weight excluding hydrogens is 200 g/mol. The smallest absolute Gasteiger partial charge is 0.141 e. The zero-order valence-corrected chi connectivity index (χ0v) is 9.57. The molecule has 16 heavy (non-hydrogen) atoms. The zero-order chi connectivity index (χ0) is 11.4. The van der Waals surface area contributed by atoms with Gasteiger partial charge in [0.2, 0.25) is 0 Å². The van der Waals surface area contributed by atoms with E-state index in [9.17, 15) is 0 Å². The maximum absolute atomic E-state index is 4.12. The monoisotopic (exact) mass is 216 g/mol. The quantitative estimate of drug-likeness (QED) is 0.821. The molecule has 0 saturated heterocycles. The molecule has 0 saturated carbocycles. The lowest BCUT2D eigenvalue weighted by atomic mass is 10.1. The summed E-state index contributed by atoms with van der Waals surface area (Å²) in [5.74, 6) is 0.868. The number of aromatic amines is 1. The van der Waals surface area contributed by atoms with Gasteiger partial charge in [-0.1, -0.05) is 29.8 Å².